The highest BCUT2D eigenvalue weighted by molar-refractivity contribution is 5.95. The number of nitrogens with zero attached hydrogens (tertiary/aromatic N) is 4. The number of rotatable bonds is 15. The second-order valence-electron chi connectivity index (χ2n) is 20.2. The van der Waals surface area contributed by atoms with Gasteiger partial charge in [0.2, 0.25) is 0 Å². The van der Waals surface area contributed by atoms with Gasteiger partial charge in [0.1, 0.15) is 0 Å². The third-order valence-electron chi connectivity index (χ3n) is 15.5. The van der Waals surface area contributed by atoms with Crippen molar-refractivity contribution < 1.29 is 0 Å². The largest absolute Gasteiger partial charge is 0.315 e. The van der Waals surface area contributed by atoms with E-state index in [4.69, 9.17) is 6.58 Å². The van der Waals surface area contributed by atoms with Gasteiger partial charge in [0, 0.05) is 74.7 Å². The van der Waals surface area contributed by atoms with Gasteiger partial charge in [-0.05, 0) is 193 Å². The molecule has 0 saturated carbocycles. The molecule has 0 bridgehead atoms. The van der Waals surface area contributed by atoms with Crippen LogP contribution in [0.5, 0.6) is 0 Å². The van der Waals surface area contributed by atoms with E-state index < -0.39 is 5.41 Å². The van der Waals surface area contributed by atoms with Crippen molar-refractivity contribution in [2.45, 2.75) is 32.6 Å². The van der Waals surface area contributed by atoms with Crippen LogP contribution in [0.15, 0.2) is 338 Å². The van der Waals surface area contributed by atoms with Crippen LogP contribution in [0.3, 0.4) is 0 Å². The van der Waals surface area contributed by atoms with Crippen LogP contribution < -0.4 is 19.6 Å². The van der Waals surface area contributed by atoms with E-state index in [1.54, 1.807) is 0 Å². The molecule has 0 aromatic heterocycles. The molecule has 10 aromatic carbocycles. The Hall–Kier alpha value is -9.90. The van der Waals surface area contributed by atoms with E-state index in [1.807, 2.05) is 0 Å². The van der Waals surface area contributed by atoms with Crippen molar-refractivity contribution in [1.29, 1.82) is 0 Å². The molecule has 2 aliphatic rings. The minimum atomic E-state index is -0.828. The molecule has 0 N–H and O–H groups in total. The molecule has 0 amide bonds. The standard InChI is InChI=1S/C75H62N4/c1-5-68-57(4)72(52-56(3)77(60-34-18-8-19-35-60)61-36-20-9-21-37-61)75(71(68)51-46-55(2)76(58-30-14-6-15-31-58)59-32-16-7-17-33-59)73-53-66(78(62-38-22-10-23-39-62)63-40-24-11-25-41-63)47-49-69(73)70-50-48-67(54-74(70)75)79(64-42-26-12-27-43-64)65-44-28-13-29-45-65/h5-45,47-54H,2,46H2,1,3-4H3/b56-52+,68-5-,71-51+. The first kappa shape index (κ1) is 49.9. The summed E-state index contributed by atoms with van der Waals surface area (Å²) in [6, 6.07) is 100. The fourth-order valence-electron chi connectivity index (χ4n) is 12.2. The minimum absolute atomic E-state index is 0.575. The summed E-state index contributed by atoms with van der Waals surface area (Å²) in [5.41, 5.74) is 21.8. The highest BCUT2D eigenvalue weighted by Gasteiger charge is 2.54. The molecule has 382 valence electrons. The summed E-state index contributed by atoms with van der Waals surface area (Å²) in [5, 5.41) is 0. The maximum Gasteiger partial charge on any atom is 0.0721 e. The zero-order valence-electron chi connectivity index (χ0n) is 45.0. The second-order valence-corrected chi connectivity index (χ2v) is 20.2. The van der Waals surface area contributed by atoms with Crippen LogP contribution in [0.25, 0.3) is 11.1 Å². The van der Waals surface area contributed by atoms with Crippen molar-refractivity contribution in [3.63, 3.8) is 0 Å². The van der Waals surface area contributed by atoms with Crippen molar-refractivity contribution >= 4 is 56.9 Å². The molecule has 79 heavy (non-hydrogen) atoms. The molecule has 0 saturated heterocycles. The predicted molar refractivity (Wildman–Crippen MR) is 334 cm³/mol. The SMILES string of the molecule is C=C(C/C=C1\C(=C/C)C(C)=C(/C=C(\C)N(c2ccccc2)c2ccccc2)C12c1cc(N(c3ccccc3)c3ccccc3)ccc1-c1ccc(N(c3ccccc3)c3ccccc3)cc12)N(c1ccccc1)c1ccccc1. The Morgan fingerprint density at radius 2 is 0.722 bits per heavy atom. The highest BCUT2D eigenvalue weighted by atomic mass is 15.2. The van der Waals surface area contributed by atoms with Gasteiger partial charge in [-0.3, -0.25) is 0 Å². The Kier molecular flexibility index (Phi) is 13.9. The Morgan fingerprint density at radius 1 is 0.405 bits per heavy atom. The fraction of sp³-hybridized carbons (Fsp3) is 0.0667. The number of hydrogen-bond donors (Lipinski definition) is 0. The first-order valence-corrected chi connectivity index (χ1v) is 27.3. The number of anilines is 10. The van der Waals surface area contributed by atoms with Crippen molar-refractivity contribution in [3.05, 3.63) is 349 Å². The van der Waals surface area contributed by atoms with Gasteiger partial charge in [0.15, 0.2) is 0 Å². The average Bonchev–Trinajstić information content (AvgIpc) is 4.03. The molecular weight excluding hydrogens is 957 g/mol. The van der Waals surface area contributed by atoms with Gasteiger partial charge in [-0.25, -0.2) is 0 Å². The topological polar surface area (TPSA) is 13.0 Å². The summed E-state index contributed by atoms with van der Waals surface area (Å²) < 4.78 is 0. The summed E-state index contributed by atoms with van der Waals surface area (Å²) in [7, 11) is 0. The predicted octanol–water partition coefficient (Wildman–Crippen LogP) is 20.6. The average molecular weight is 1020 g/mol. The van der Waals surface area contributed by atoms with Gasteiger partial charge < -0.3 is 19.6 Å². The number of hydrogen-bond acceptors (Lipinski definition) is 4. The number of allylic oxidation sites excluding steroid dienone is 8. The number of benzene rings is 10. The summed E-state index contributed by atoms with van der Waals surface area (Å²) in [6.07, 6.45) is 7.90. The lowest BCUT2D eigenvalue weighted by Crippen LogP contribution is -2.29. The van der Waals surface area contributed by atoms with E-state index in [-0.39, 0.29) is 0 Å². The number of para-hydroxylation sites is 8. The molecule has 0 heterocycles. The second kappa shape index (κ2) is 22.0. The molecule has 4 nitrogen and oxygen atoms in total. The van der Waals surface area contributed by atoms with Crippen molar-refractivity contribution in [3.8, 4) is 11.1 Å². The normalized spacial score (nSPS) is 14.3. The van der Waals surface area contributed by atoms with Crippen LogP contribution in [-0.2, 0) is 5.41 Å². The van der Waals surface area contributed by atoms with E-state index in [9.17, 15) is 0 Å². The zero-order chi connectivity index (χ0) is 53.7. The van der Waals surface area contributed by atoms with Gasteiger partial charge in [0.25, 0.3) is 0 Å². The molecule has 4 heteroatoms. The molecule has 2 aliphatic carbocycles. The molecule has 12 rings (SSSR count). The lowest BCUT2D eigenvalue weighted by molar-refractivity contribution is 0.774. The van der Waals surface area contributed by atoms with Crippen molar-refractivity contribution in [2.75, 3.05) is 19.6 Å². The van der Waals surface area contributed by atoms with Crippen LogP contribution in [0.1, 0.15) is 38.3 Å². The van der Waals surface area contributed by atoms with Gasteiger partial charge in [-0.2, -0.15) is 0 Å². The van der Waals surface area contributed by atoms with E-state index in [0.717, 1.165) is 68.3 Å². The third kappa shape index (κ3) is 9.28. The van der Waals surface area contributed by atoms with Crippen LogP contribution in [-0.4, -0.2) is 0 Å². The monoisotopic (exact) mass is 1020 g/mol. The maximum absolute atomic E-state index is 4.93. The van der Waals surface area contributed by atoms with Crippen molar-refractivity contribution in [1.82, 2.24) is 0 Å². The van der Waals surface area contributed by atoms with E-state index in [0.29, 0.717) is 6.42 Å². The first-order valence-electron chi connectivity index (χ1n) is 27.3. The van der Waals surface area contributed by atoms with E-state index in [2.05, 4.69) is 338 Å². The lowest BCUT2D eigenvalue weighted by Gasteiger charge is -2.36. The molecule has 0 atom stereocenters. The van der Waals surface area contributed by atoms with Crippen LogP contribution in [0, 0.1) is 0 Å². The molecule has 0 aliphatic heterocycles. The summed E-state index contributed by atoms with van der Waals surface area (Å²) in [5.74, 6) is 0. The Morgan fingerprint density at radius 3 is 1.05 bits per heavy atom. The van der Waals surface area contributed by atoms with Gasteiger partial charge >= 0.3 is 0 Å². The first-order chi connectivity index (χ1) is 38.9. The zero-order valence-corrected chi connectivity index (χ0v) is 45.0. The van der Waals surface area contributed by atoms with Crippen LogP contribution in [0.4, 0.5) is 56.9 Å². The van der Waals surface area contributed by atoms with E-state index in [1.165, 1.54) is 44.5 Å². The highest BCUT2D eigenvalue weighted by Crippen LogP contribution is 2.65. The fourth-order valence-corrected chi connectivity index (χ4v) is 12.2. The number of fused-ring (bicyclic) bond motifs is 5. The molecule has 0 radical (unpaired) electrons. The molecule has 1 spiro atoms. The Balaban J connectivity index is 1.16. The summed E-state index contributed by atoms with van der Waals surface area (Å²) >= 11 is 0. The molecule has 0 unspecified atom stereocenters. The summed E-state index contributed by atoms with van der Waals surface area (Å²) in [6.45, 7) is 11.7. The molecule has 0 fully saturated rings. The van der Waals surface area contributed by atoms with Gasteiger partial charge in [-0.1, -0.05) is 176 Å². The molecule has 10 aromatic rings. The smallest absolute Gasteiger partial charge is 0.0721 e. The maximum atomic E-state index is 4.93. The summed E-state index contributed by atoms with van der Waals surface area (Å²) in [4.78, 5) is 9.49. The van der Waals surface area contributed by atoms with E-state index >= 15 is 0 Å². The minimum Gasteiger partial charge on any atom is -0.315 e. The third-order valence-corrected chi connectivity index (χ3v) is 15.5. The van der Waals surface area contributed by atoms with Crippen LogP contribution in [0.2, 0.25) is 0 Å². The lowest BCUT2D eigenvalue weighted by atomic mass is 9.68. The van der Waals surface area contributed by atoms with Crippen molar-refractivity contribution in [2.24, 2.45) is 0 Å². The Bertz CT molecular complexity index is 3600. The van der Waals surface area contributed by atoms with Crippen LogP contribution >= 0.6 is 0 Å². The Labute approximate surface area is 466 Å². The quantitative estimate of drug-likeness (QED) is 0.101. The van der Waals surface area contributed by atoms with Gasteiger partial charge in [0.05, 0.1) is 5.41 Å². The van der Waals surface area contributed by atoms with Gasteiger partial charge in [-0.15, -0.1) is 0 Å². The molecular formula is C75H62N4.